The van der Waals surface area contributed by atoms with Gasteiger partial charge in [0.2, 0.25) is 0 Å². The zero-order valence-electron chi connectivity index (χ0n) is 9.88. The van der Waals surface area contributed by atoms with Crippen molar-refractivity contribution >= 4 is 12.2 Å². The molecular weight excluding hydrogens is 220 g/mol. The maximum atomic E-state index is 5.48. The third-order valence-corrected chi connectivity index (χ3v) is 3.49. The lowest BCUT2D eigenvalue weighted by Crippen LogP contribution is -2.18. The summed E-state index contributed by atoms with van der Waals surface area (Å²) in [6.45, 7) is 5.83. The molecule has 0 bridgehead atoms. The number of aromatic amines is 1. The Hall–Kier alpha value is -0.740. The van der Waals surface area contributed by atoms with Crippen molar-refractivity contribution in [2.75, 3.05) is 13.2 Å². The fourth-order valence-electron chi connectivity index (χ4n) is 2.20. The van der Waals surface area contributed by atoms with Gasteiger partial charge in [-0.05, 0) is 26.2 Å². The second-order valence-corrected chi connectivity index (χ2v) is 4.69. The summed E-state index contributed by atoms with van der Waals surface area (Å²) in [4.78, 5) is 7.89. The second kappa shape index (κ2) is 5.06. The summed E-state index contributed by atoms with van der Waals surface area (Å²) in [7, 11) is 0. The molecule has 2 heterocycles. The first-order chi connectivity index (χ1) is 7.72. The molecule has 1 unspecified atom stereocenters. The molecule has 1 aliphatic rings. The van der Waals surface area contributed by atoms with E-state index in [9.17, 15) is 0 Å². The van der Waals surface area contributed by atoms with Gasteiger partial charge in [0.1, 0.15) is 10.5 Å². The van der Waals surface area contributed by atoms with Gasteiger partial charge in [-0.15, -0.1) is 0 Å². The predicted octanol–water partition coefficient (Wildman–Crippen LogP) is 2.90. The Morgan fingerprint density at radius 2 is 2.38 bits per heavy atom. The first-order valence-corrected chi connectivity index (χ1v) is 6.30. The maximum Gasteiger partial charge on any atom is 0.133 e. The molecule has 1 aromatic rings. The highest BCUT2D eigenvalue weighted by Gasteiger charge is 2.18. The molecule has 0 amide bonds. The molecule has 1 aliphatic heterocycles. The summed E-state index contributed by atoms with van der Waals surface area (Å²) in [6.07, 6.45) is 3.19. The van der Waals surface area contributed by atoms with Crippen LogP contribution in [-0.4, -0.2) is 23.2 Å². The molecule has 1 saturated heterocycles. The molecule has 0 saturated carbocycles. The SMILES string of the molecule is CCc1c(C)[nH]c(C2CCCOC2)nc1=S. The highest BCUT2D eigenvalue weighted by Crippen LogP contribution is 2.23. The van der Waals surface area contributed by atoms with Crippen molar-refractivity contribution in [2.45, 2.75) is 39.0 Å². The normalized spacial score (nSPS) is 21.0. The van der Waals surface area contributed by atoms with Crippen LogP contribution in [0.3, 0.4) is 0 Å². The largest absolute Gasteiger partial charge is 0.381 e. The average molecular weight is 238 g/mol. The van der Waals surface area contributed by atoms with E-state index in [2.05, 4.69) is 23.8 Å². The third-order valence-electron chi connectivity index (χ3n) is 3.15. The number of hydrogen-bond donors (Lipinski definition) is 1. The van der Waals surface area contributed by atoms with Crippen molar-refractivity contribution in [1.29, 1.82) is 0 Å². The monoisotopic (exact) mass is 238 g/mol. The van der Waals surface area contributed by atoms with Crippen LogP contribution in [0, 0.1) is 11.6 Å². The summed E-state index contributed by atoms with van der Waals surface area (Å²) in [5.41, 5.74) is 2.32. The van der Waals surface area contributed by atoms with E-state index in [1.165, 1.54) is 0 Å². The van der Waals surface area contributed by atoms with E-state index in [4.69, 9.17) is 17.0 Å². The summed E-state index contributed by atoms with van der Waals surface area (Å²) in [6, 6.07) is 0. The van der Waals surface area contributed by atoms with Crippen LogP contribution in [0.1, 0.15) is 42.8 Å². The average Bonchev–Trinajstić information content (AvgIpc) is 2.30. The molecule has 0 radical (unpaired) electrons. The quantitative estimate of drug-likeness (QED) is 0.805. The minimum Gasteiger partial charge on any atom is -0.381 e. The molecule has 3 nitrogen and oxygen atoms in total. The van der Waals surface area contributed by atoms with Crippen molar-refractivity contribution < 1.29 is 4.74 Å². The minimum atomic E-state index is 0.389. The van der Waals surface area contributed by atoms with Gasteiger partial charge in [0.05, 0.1) is 6.61 Å². The molecule has 4 heteroatoms. The minimum absolute atomic E-state index is 0.389. The van der Waals surface area contributed by atoms with Crippen LogP contribution in [0.15, 0.2) is 0 Å². The van der Waals surface area contributed by atoms with Crippen LogP contribution in [0.25, 0.3) is 0 Å². The number of aryl methyl sites for hydroxylation is 1. The maximum absolute atomic E-state index is 5.48. The fourth-order valence-corrected chi connectivity index (χ4v) is 2.59. The zero-order valence-corrected chi connectivity index (χ0v) is 10.7. The Morgan fingerprint density at radius 1 is 1.56 bits per heavy atom. The van der Waals surface area contributed by atoms with Gasteiger partial charge in [-0.25, -0.2) is 4.98 Å². The van der Waals surface area contributed by atoms with E-state index < -0.39 is 0 Å². The first-order valence-electron chi connectivity index (χ1n) is 5.89. The lowest BCUT2D eigenvalue weighted by molar-refractivity contribution is 0.0779. The molecule has 0 spiro atoms. The number of nitrogens with one attached hydrogen (secondary N) is 1. The lowest BCUT2D eigenvalue weighted by Gasteiger charge is -2.22. The Kier molecular flexibility index (Phi) is 3.71. The summed E-state index contributed by atoms with van der Waals surface area (Å²) in [5, 5.41) is 0. The van der Waals surface area contributed by atoms with Gasteiger partial charge < -0.3 is 9.72 Å². The van der Waals surface area contributed by atoms with Crippen molar-refractivity contribution in [2.24, 2.45) is 0 Å². The van der Waals surface area contributed by atoms with Gasteiger partial charge in [0, 0.05) is 23.8 Å². The van der Waals surface area contributed by atoms with E-state index in [0.29, 0.717) is 5.92 Å². The van der Waals surface area contributed by atoms with Crippen LogP contribution in [0.5, 0.6) is 0 Å². The Bertz CT molecular complexity index is 422. The van der Waals surface area contributed by atoms with E-state index in [0.717, 1.165) is 54.2 Å². The Labute approximate surface area is 101 Å². The molecular formula is C12H18N2OS. The number of hydrogen-bond acceptors (Lipinski definition) is 3. The van der Waals surface area contributed by atoms with Gasteiger partial charge in [-0.1, -0.05) is 19.1 Å². The van der Waals surface area contributed by atoms with Crippen LogP contribution in [0.4, 0.5) is 0 Å². The smallest absolute Gasteiger partial charge is 0.133 e. The van der Waals surface area contributed by atoms with Crippen LogP contribution >= 0.6 is 12.2 Å². The zero-order chi connectivity index (χ0) is 11.5. The molecule has 1 N–H and O–H groups in total. The van der Waals surface area contributed by atoms with Gasteiger partial charge in [-0.3, -0.25) is 0 Å². The van der Waals surface area contributed by atoms with Crippen molar-refractivity contribution in [3.05, 3.63) is 21.7 Å². The molecule has 1 atom stereocenters. The summed E-state index contributed by atoms with van der Waals surface area (Å²) >= 11 is 5.32. The number of H-pyrrole nitrogens is 1. The molecule has 1 aromatic heterocycles. The Balaban J connectivity index is 2.31. The highest BCUT2D eigenvalue weighted by molar-refractivity contribution is 7.71. The molecule has 88 valence electrons. The molecule has 0 aromatic carbocycles. The molecule has 1 fully saturated rings. The van der Waals surface area contributed by atoms with E-state index in [1.54, 1.807) is 0 Å². The van der Waals surface area contributed by atoms with Crippen molar-refractivity contribution in [3.8, 4) is 0 Å². The predicted molar refractivity (Wildman–Crippen MR) is 66.3 cm³/mol. The number of rotatable bonds is 2. The van der Waals surface area contributed by atoms with Gasteiger partial charge in [0.25, 0.3) is 0 Å². The van der Waals surface area contributed by atoms with E-state index in [1.807, 2.05) is 0 Å². The van der Waals surface area contributed by atoms with Gasteiger partial charge in [-0.2, -0.15) is 0 Å². The third kappa shape index (κ3) is 2.33. The summed E-state index contributed by atoms with van der Waals surface area (Å²) < 4.78 is 6.23. The van der Waals surface area contributed by atoms with E-state index in [-0.39, 0.29) is 0 Å². The van der Waals surface area contributed by atoms with Crippen LogP contribution in [-0.2, 0) is 11.2 Å². The number of ether oxygens (including phenoxy) is 1. The van der Waals surface area contributed by atoms with E-state index >= 15 is 0 Å². The topological polar surface area (TPSA) is 37.9 Å². The molecule has 2 rings (SSSR count). The highest BCUT2D eigenvalue weighted by atomic mass is 32.1. The number of nitrogens with zero attached hydrogens (tertiary/aromatic N) is 1. The summed E-state index contributed by atoms with van der Waals surface area (Å²) in [5.74, 6) is 1.39. The van der Waals surface area contributed by atoms with Crippen molar-refractivity contribution in [1.82, 2.24) is 9.97 Å². The number of aromatic nitrogens is 2. The Morgan fingerprint density at radius 3 is 2.94 bits per heavy atom. The fraction of sp³-hybridized carbons (Fsp3) is 0.667. The molecule has 16 heavy (non-hydrogen) atoms. The van der Waals surface area contributed by atoms with Crippen LogP contribution in [0.2, 0.25) is 0 Å². The molecule has 0 aliphatic carbocycles. The second-order valence-electron chi connectivity index (χ2n) is 4.30. The van der Waals surface area contributed by atoms with Crippen LogP contribution < -0.4 is 0 Å². The van der Waals surface area contributed by atoms with Gasteiger partial charge in [0.15, 0.2) is 0 Å². The standard InChI is InChI=1S/C12H18N2OS/c1-3-10-8(2)13-11(14-12(10)16)9-5-4-6-15-7-9/h9H,3-7H2,1-2H3,(H,13,14,16). The van der Waals surface area contributed by atoms with Crippen molar-refractivity contribution in [3.63, 3.8) is 0 Å². The lowest BCUT2D eigenvalue weighted by atomic mass is 10.0. The first kappa shape index (κ1) is 11.7. The van der Waals surface area contributed by atoms with Gasteiger partial charge >= 0.3 is 0 Å².